The third-order valence-corrected chi connectivity index (χ3v) is 7.32. The molecule has 0 radical (unpaired) electrons. The van der Waals surface area contributed by atoms with Gasteiger partial charge < -0.3 is 34.9 Å². The van der Waals surface area contributed by atoms with Crippen LogP contribution < -0.4 is 5.73 Å². The molecule has 2 aliphatic rings. The second kappa shape index (κ2) is 8.82. The molecule has 0 aromatic rings. The second-order valence-corrected chi connectivity index (χ2v) is 10.6. The summed E-state index contributed by atoms with van der Waals surface area (Å²) in [5.74, 6) is -0.480. The topological polar surface area (TPSA) is 243 Å². The van der Waals surface area contributed by atoms with Gasteiger partial charge in [0.2, 0.25) is 5.96 Å². The maximum Gasteiger partial charge on any atom is 0.488 e. The number of rotatable bonds is 10. The first-order chi connectivity index (χ1) is 13.2. The van der Waals surface area contributed by atoms with E-state index in [4.69, 9.17) is 25.2 Å². The minimum Gasteiger partial charge on any atom is -0.368 e. The average molecular weight is 477 g/mol. The maximum absolute atomic E-state index is 11.8. The molecule has 29 heavy (non-hydrogen) atoms. The summed E-state index contributed by atoms with van der Waals surface area (Å²) in [5, 5.41) is 0. The summed E-state index contributed by atoms with van der Waals surface area (Å²) in [6.45, 7) is 1.75. The zero-order valence-electron chi connectivity index (χ0n) is 14.7. The number of amides is 1. The van der Waals surface area contributed by atoms with Gasteiger partial charge >= 0.3 is 23.2 Å². The predicted molar refractivity (Wildman–Crippen MR) is 96.9 cm³/mol. The first kappa shape index (κ1) is 24.0. The second-order valence-electron chi connectivity index (χ2n) is 5.79. The summed E-state index contributed by atoms with van der Waals surface area (Å²) in [5.41, 5.74) is 5.44. The highest BCUT2D eigenvalue weighted by Crippen LogP contribution is 2.65. The summed E-state index contributed by atoms with van der Waals surface area (Å²) >= 11 is 0. The van der Waals surface area contributed by atoms with E-state index in [0.29, 0.717) is 0 Å². The highest BCUT2D eigenvalue weighted by Gasteiger charge is 2.40. The van der Waals surface area contributed by atoms with Gasteiger partial charge in [0.1, 0.15) is 12.2 Å². The molecule has 2 aliphatic heterocycles. The van der Waals surface area contributed by atoms with Gasteiger partial charge in [0.25, 0.3) is 5.91 Å². The largest absolute Gasteiger partial charge is 0.488 e. The van der Waals surface area contributed by atoms with Crippen molar-refractivity contribution in [2.45, 2.75) is 25.5 Å². The van der Waals surface area contributed by atoms with Gasteiger partial charge in [0.05, 0.1) is 12.4 Å². The Bertz CT molecular complexity index is 898. The van der Waals surface area contributed by atoms with Crippen molar-refractivity contribution in [1.82, 2.24) is 4.90 Å². The Morgan fingerprint density at radius 2 is 1.86 bits per heavy atom. The fraction of sp³-hybridized carbons (Fsp3) is 0.600. The molecule has 0 bridgehead atoms. The summed E-state index contributed by atoms with van der Waals surface area (Å²) in [4.78, 5) is 60.2. The first-order valence-electron chi connectivity index (χ1n) is 7.68. The fourth-order valence-corrected chi connectivity index (χ4v) is 5.56. The van der Waals surface area contributed by atoms with Gasteiger partial charge in [-0.3, -0.25) is 14.4 Å². The van der Waals surface area contributed by atoms with Crippen LogP contribution in [0.1, 0.15) is 13.3 Å². The number of ether oxygens (including phenoxy) is 1. The predicted octanol–water partition coefficient (Wildman–Crippen LogP) is -0.883. The van der Waals surface area contributed by atoms with Gasteiger partial charge in [-0.15, -0.1) is 0 Å². The quantitative estimate of drug-likeness (QED) is 0.240. The Morgan fingerprint density at radius 3 is 2.48 bits per heavy atom. The molecule has 0 spiro atoms. The van der Waals surface area contributed by atoms with Crippen LogP contribution in [-0.4, -0.2) is 73.6 Å². The highest BCUT2D eigenvalue weighted by molar-refractivity contribution is 7.68. The van der Waals surface area contributed by atoms with Crippen molar-refractivity contribution in [3.63, 3.8) is 0 Å². The molecule has 0 saturated carbocycles. The molecule has 164 valence electrons. The van der Waals surface area contributed by atoms with E-state index < -0.39 is 47.6 Å². The molecule has 2 rings (SSSR count). The van der Waals surface area contributed by atoms with Gasteiger partial charge in [-0.1, -0.05) is 0 Å². The number of amidine groups is 1. The molecule has 1 amide bonds. The SMILES string of the molecule is C[C@H](CCN1C=NC2C(=O)N=C(N)N=C21)OCP(=O)(O)OP(=O)(O)OP(=O)(O)O. The Morgan fingerprint density at radius 1 is 1.21 bits per heavy atom. The lowest BCUT2D eigenvalue weighted by molar-refractivity contribution is -0.117. The Kier molecular flexibility index (Phi) is 7.29. The van der Waals surface area contributed by atoms with Gasteiger partial charge in [-0.25, -0.2) is 13.4 Å². The number of aliphatic imine (C=N–C) groups is 3. The number of carbonyl (C=O) groups is 1. The molecule has 4 atom stereocenters. The minimum atomic E-state index is -5.51. The van der Waals surface area contributed by atoms with E-state index in [-0.39, 0.29) is 24.8 Å². The third kappa shape index (κ3) is 7.46. The number of nitrogens with two attached hydrogens (primary N) is 1. The monoisotopic (exact) mass is 477 g/mol. The van der Waals surface area contributed by atoms with E-state index in [9.17, 15) is 23.4 Å². The third-order valence-electron chi connectivity index (χ3n) is 3.32. The highest BCUT2D eigenvalue weighted by atomic mass is 31.3. The van der Waals surface area contributed by atoms with E-state index in [1.165, 1.54) is 18.2 Å². The number of hydrogen-bond acceptors (Lipinski definition) is 11. The van der Waals surface area contributed by atoms with Crippen LogP contribution in [-0.2, 0) is 31.8 Å². The Balaban J connectivity index is 1.83. The lowest BCUT2D eigenvalue weighted by Gasteiger charge is -2.22. The zero-order valence-corrected chi connectivity index (χ0v) is 17.4. The van der Waals surface area contributed by atoms with Crippen molar-refractivity contribution in [2.24, 2.45) is 20.7 Å². The summed E-state index contributed by atoms with van der Waals surface area (Å²) in [7, 11) is -15.8. The number of carbonyl (C=O) groups excluding carboxylic acids is 1. The number of guanidine groups is 1. The minimum absolute atomic E-state index is 0.203. The number of nitrogens with zero attached hydrogens (tertiary/aromatic N) is 4. The molecule has 2 heterocycles. The first-order valence-corrected chi connectivity index (χ1v) is 12.5. The molecule has 0 aliphatic carbocycles. The van der Waals surface area contributed by atoms with E-state index in [2.05, 4.69) is 23.6 Å². The van der Waals surface area contributed by atoms with Crippen molar-refractivity contribution >= 4 is 47.3 Å². The van der Waals surface area contributed by atoms with Crippen molar-refractivity contribution in [1.29, 1.82) is 0 Å². The van der Waals surface area contributed by atoms with E-state index in [0.717, 1.165) is 0 Å². The molecule has 16 nitrogen and oxygen atoms in total. The molecule has 0 saturated heterocycles. The number of fused-ring (bicyclic) bond motifs is 1. The van der Waals surface area contributed by atoms with Crippen LogP contribution in [0.25, 0.3) is 0 Å². The van der Waals surface area contributed by atoms with Crippen LogP contribution in [0, 0.1) is 0 Å². The van der Waals surface area contributed by atoms with Gasteiger partial charge in [0, 0.05) is 6.54 Å². The summed E-state index contributed by atoms with van der Waals surface area (Å²) in [6.07, 6.45) is -0.139. The molecule has 0 aromatic carbocycles. The fourth-order valence-electron chi connectivity index (χ4n) is 2.18. The summed E-state index contributed by atoms with van der Waals surface area (Å²) in [6, 6.07) is -0.877. The smallest absolute Gasteiger partial charge is 0.368 e. The van der Waals surface area contributed by atoms with Crippen molar-refractivity contribution in [3.05, 3.63) is 0 Å². The van der Waals surface area contributed by atoms with Gasteiger partial charge in [0.15, 0.2) is 6.04 Å². The van der Waals surface area contributed by atoms with Crippen molar-refractivity contribution in [3.8, 4) is 0 Å². The van der Waals surface area contributed by atoms with E-state index >= 15 is 0 Å². The van der Waals surface area contributed by atoms with E-state index in [1.54, 1.807) is 0 Å². The molecular weight excluding hydrogens is 459 g/mol. The van der Waals surface area contributed by atoms with Crippen LogP contribution in [0.2, 0.25) is 0 Å². The number of phosphoric acid groups is 2. The summed E-state index contributed by atoms with van der Waals surface area (Å²) < 4.78 is 46.0. The Labute approximate surface area is 163 Å². The van der Waals surface area contributed by atoms with Crippen LogP contribution in [0.4, 0.5) is 0 Å². The van der Waals surface area contributed by atoms with Crippen LogP contribution in [0.3, 0.4) is 0 Å². The van der Waals surface area contributed by atoms with Crippen molar-refractivity contribution in [2.75, 3.05) is 12.9 Å². The van der Waals surface area contributed by atoms with Crippen molar-refractivity contribution < 1.29 is 51.4 Å². The standard InChI is InChI=1S/C10H18N5O11P3/c1-6(24-5-27(17,18)25-29(22,23)26-28(19,20)21)2-3-15-4-12-7-8(15)13-10(11)14-9(7)16/h4,6-7H,2-3,5H2,1H3,(H,17,18)(H,22,23)(H2,11,14,16)(H2,19,20,21)/t6-,7?/m1/s1. The molecular formula is C10H18N5O11P3. The average Bonchev–Trinajstić information content (AvgIpc) is 2.90. The van der Waals surface area contributed by atoms with Crippen LogP contribution in [0.15, 0.2) is 15.0 Å². The lowest BCUT2D eigenvalue weighted by atomic mass is 10.2. The van der Waals surface area contributed by atoms with Crippen LogP contribution >= 0.6 is 23.2 Å². The lowest BCUT2D eigenvalue weighted by Crippen LogP contribution is -2.40. The van der Waals surface area contributed by atoms with E-state index in [1.807, 2.05) is 0 Å². The van der Waals surface area contributed by atoms with Gasteiger partial charge in [-0.2, -0.15) is 14.3 Å². The van der Waals surface area contributed by atoms with Crippen LogP contribution in [0.5, 0.6) is 0 Å². The molecule has 0 fully saturated rings. The number of hydrogen-bond donors (Lipinski definition) is 5. The molecule has 6 N–H and O–H groups in total. The Hall–Kier alpha value is -1.31. The van der Waals surface area contributed by atoms with Gasteiger partial charge in [-0.05, 0) is 13.3 Å². The maximum atomic E-state index is 11.8. The molecule has 19 heteroatoms. The molecule has 0 aromatic heterocycles. The molecule has 3 unspecified atom stereocenters. The zero-order chi connectivity index (χ0) is 22.0. The normalized spacial score (nSPS) is 24.4.